The van der Waals surface area contributed by atoms with E-state index in [0.29, 0.717) is 0 Å². The van der Waals surface area contributed by atoms with Gasteiger partial charge in [-0.3, -0.25) is 0 Å². The first-order valence-corrected chi connectivity index (χ1v) is 4.78. The highest BCUT2D eigenvalue weighted by Gasteiger charge is 2.07. The fourth-order valence-corrected chi connectivity index (χ4v) is 1.14. The number of ether oxygens (including phenoxy) is 1. The fourth-order valence-electron chi connectivity index (χ4n) is 1.14. The number of rotatable bonds is 4. The van der Waals surface area contributed by atoms with E-state index in [-0.39, 0.29) is 30.7 Å². The monoisotopic (exact) mass is 241 g/mol. The Bertz CT molecular complexity index is 516. The molecule has 0 atom stereocenters. The summed E-state index contributed by atoms with van der Waals surface area (Å²) < 4.78 is 35.7. The van der Waals surface area contributed by atoms with E-state index in [1.54, 1.807) is 0 Å². The molecule has 0 bridgehead atoms. The minimum Gasteiger partial charge on any atom is -0.484 e. The minimum atomic E-state index is -0.976. The van der Waals surface area contributed by atoms with Crippen LogP contribution in [-0.4, -0.2) is 10.2 Å². The lowest BCUT2D eigenvalue weighted by molar-refractivity contribution is 0.257. The van der Waals surface area contributed by atoms with Gasteiger partial charge in [0.1, 0.15) is 5.75 Å². The molecule has 0 saturated heterocycles. The Morgan fingerprint density at radius 1 is 1.18 bits per heavy atom. The van der Waals surface area contributed by atoms with E-state index >= 15 is 0 Å². The lowest BCUT2D eigenvalue weighted by Crippen LogP contribution is -1.97. The van der Waals surface area contributed by atoms with E-state index in [1.165, 1.54) is 6.07 Å². The van der Waals surface area contributed by atoms with E-state index in [9.17, 15) is 8.78 Å². The normalized spacial score (nSPS) is 10.5. The van der Waals surface area contributed by atoms with Crippen LogP contribution in [-0.2, 0) is 13.2 Å². The Kier molecular flexibility index (Phi) is 3.29. The highest BCUT2D eigenvalue weighted by Crippen LogP contribution is 2.16. The Morgan fingerprint density at radius 2 is 1.94 bits per heavy atom. The topological polar surface area (TPSA) is 74.2 Å². The van der Waals surface area contributed by atoms with E-state index in [2.05, 4.69) is 10.2 Å². The van der Waals surface area contributed by atoms with Gasteiger partial charge in [-0.25, -0.2) is 8.78 Å². The molecule has 0 aliphatic heterocycles. The molecule has 0 radical (unpaired) electrons. The fraction of sp³-hybridized carbons (Fsp3) is 0.200. The van der Waals surface area contributed by atoms with Crippen molar-refractivity contribution in [2.24, 2.45) is 5.73 Å². The number of benzene rings is 1. The summed E-state index contributed by atoms with van der Waals surface area (Å²) in [6.07, 6.45) is 0. The number of nitrogens with two attached hydrogens (primary N) is 1. The number of nitrogens with zero attached hydrogens (tertiary/aromatic N) is 2. The highest BCUT2D eigenvalue weighted by atomic mass is 19.2. The van der Waals surface area contributed by atoms with Crippen LogP contribution in [0.25, 0.3) is 0 Å². The molecule has 2 rings (SSSR count). The van der Waals surface area contributed by atoms with Crippen LogP contribution >= 0.6 is 0 Å². The van der Waals surface area contributed by atoms with Crippen LogP contribution in [0.1, 0.15) is 11.8 Å². The predicted octanol–water partition coefficient (Wildman–Crippen LogP) is 1.39. The summed E-state index contributed by atoms with van der Waals surface area (Å²) in [6.45, 7) is 0.107. The molecule has 0 spiro atoms. The van der Waals surface area contributed by atoms with Crippen LogP contribution in [0.5, 0.6) is 5.75 Å². The zero-order valence-electron chi connectivity index (χ0n) is 8.69. The molecular weight excluding hydrogens is 232 g/mol. The van der Waals surface area contributed by atoms with Crippen LogP contribution in [0.3, 0.4) is 0 Å². The molecule has 5 nitrogen and oxygen atoms in total. The lowest BCUT2D eigenvalue weighted by atomic mass is 10.3. The Balaban J connectivity index is 1.99. The molecule has 0 amide bonds. The first-order chi connectivity index (χ1) is 8.19. The summed E-state index contributed by atoms with van der Waals surface area (Å²) in [5.74, 6) is -1.23. The Hall–Kier alpha value is -2.02. The molecule has 1 aromatic carbocycles. The molecule has 0 unspecified atom stereocenters. The van der Waals surface area contributed by atoms with Crippen LogP contribution in [0.15, 0.2) is 22.6 Å². The van der Waals surface area contributed by atoms with Crippen molar-refractivity contribution in [3.8, 4) is 5.75 Å². The van der Waals surface area contributed by atoms with Gasteiger partial charge in [-0.2, -0.15) is 0 Å². The van der Waals surface area contributed by atoms with Crippen molar-refractivity contribution >= 4 is 0 Å². The molecule has 2 N–H and O–H groups in total. The molecule has 0 fully saturated rings. The van der Waals surface area contributed by atoms with Gasteiger partial charge in [-0.1, -0.05) is 0 Å². The third-order valence-corrected chi connectivity index (χ3v) is 1.94. The average molecular weight is 241 g/mol. The zero-order chi connectivity index (χ0) is 12.3. The summed E-state index contributed by atoms with van der Waals surface area (Å²) in [7, 11) is 0. The van der Waals surface area contributed by atoms with Gasteiger partial charge in [0.15, 0.2) is 18.2 Å². The van der Waals surface area contributed by atoms with E-state index < -0.39 is 11.6 Å². The van der Waals surface area contributed by atoms with E-state index in [1.807, 2.05) is 0 Å². The number of aromatic nitrogens is 2. The largest absolute Gasteiger partial charge is 0.484 e. The van der Waals surface area contributed by atoms with Gasteiger partial charge in [0.25, 0.3) is 5.89 Å². The lowest BCUT2D eigenvalue weighted by Gasteiger charge is -2.03. The van der Waals surface area contributed by atoms with Crippen molar-refractivity contribution < 1.29 is 17.9 Å². The average Bonchev–Trinajstić information content (AvgIpc) is 2.79. The predicted molar refractivity (Wildman–Crippen MR) is 52.9 cm³/mol. The summed E-state index contributed by atoms with van der Waals surface area (Å²) >= 11 is 0. The maximum atomic E-state index is 12.8. The van der Waals surface area contributed by atoms with Crippen molar-refractivity contribution in [3.05, 3.63) is 41.6 Å². The smallest absolute Gasteiger partial charge is 0.253 e. The molecule has 7 heteroatoms. The standard InChI is InChI=1S/C10H9F2N3O2/c11-7-2-1-6(3-8(7)12)16-5-10-15-14-9(4-13)17-10/h1-3H,4-5,13H2. The molecule has 0 aliphatic rings. The summed E-state index contributed by atoms with van der Waals surface area (Å²) in [5, 5.41) is 7.28. The SMILES string of the molecule is NCc1nnc(COc2ccc(F)c(F)c2)o1. The van der Waals surface area contributed by atoms with Gasteiger partial charge in [-0.15, -0.1) is 10.2 Å². The molecule has 90 valence electrons. The number of hydrogen-bond acceptors (Lipinski definition) is 5. The summed E-state index contributed by atoms with van der Waals surface area (Å²) in [6, 6.07) is 3.22. The van der Waals surface area contributed by atoms with Crippen molar-refractivity contribution in [2.45, 2.75) is 13.2 Å². The van der Waals surface area contributed by atoms with Crippen LogP contribution < -0.4 is 10.5 Å². The quantitative estimate of drug-likeness (QED) is 0.875. The molecule has 2 aromatic rings. The number of hydrogen-bond donors (Lipinski definition) is 1. The minimum absolute atomic E-state index is 0.0297. The van der Waals surface area contributed by atoms with Gasteiger partial charge < -0.3 is 14.9 Å². The van der Waals surface area contributed by atoms with Crippen LogP contribution in [0, 0.1) is 11.6 Å². The second kappa shape index (κ2) is 4.88. The van der Waals surface area contributed by atoms with Crippen LogP contribution in [0.4, 0.5) is 8.78 Å². The van der Waals surface area contributed by atoms with Crippen LogP contribution in [0.2, 0.25) is 0 Å². The second-order valence-electron chi connectivity index (χ2n) is 3.16. The van der Waals surface area contributed by atoms with Crippen molar-refractivity contribution in [1.29, 1.82) is 0 Å². The second-order valence-corrected chi connectivity index (χ2v) is 3.16. The first-order valence-electron chi connectivity index (χ1n) is 4.78. The third kappa shape index (κ3) is 2.76. The maximum absolute atomic E-state index is 12.8. The molecule has 0 saturated carbocycles. The molecule has 17 heavy (non-hydrogen) atoms. The van der Waals surface area contributed by atoms with E-state index in [0.717, 1.165) is 12.1 Å². The van der Waals surface area contributed by atoms with Crippen molar-refractivity contribution in [1.82, 2.24) is 10.2 Å². The summed E-state index contributed by atoms with van der Waals surface area (Å²) in [4.78, 5) is 0. The Labute approximate surface area is 95.2 Å². The van der Waals surface area contributed by atoms with Gasteiger partial charge in [-0.05, 0) is 12.1 Å². The maximum Gasteiger partial charge on any atom is 0.253 e. The van der Waals surface area contributed by atoms with Gasteiger partial charge in [0, 0.05) is 6.07 Å². The number of halogens is 2. The zero-order valence-corrected chi connectivity index (χ0v) is 8.69. The highest BCUT2D eigenvalue weighted by molar-refractivity contribution is 5.23. The molecule has 1 aromatic heterocycles. The van der Waals surface area contributed by atoms with Gasteiger partial charge >= 0.3 is 0 Å². The molecular formula is C10H9F2N3O2. The van der Waals surface area contributed by atoms with Gasteiger partial charge in [0.05, 0.1) is 6.54 Å². The first kappa shape index (κ1) is 11.5. The van der Waals surface area contributed by atoms with E-state index in [4.69, 9.17) is 14.9 Å². The molecule has 1 heterocycles. The third-order valence-electron chi connectivity index (χ3n) is 1.94. The van der Waals surface area contributed by atoms with Crippen molar-refractivity contribution in [3.63, 3.8) is 0 Å². The van der Waals surface area contributed by atoms with Gasteiger partial charge in [0.2, 0.25) is 5.89 Å². The summed E-state index contributed by atoms with van der Waals surface area (Å²) in [5.41, 5.74) is 5.28. The van der Waals surface area contributed by atoms with Crippen molar-refractivity contribution in [2.75, 3.05) is 0 Å². The molecule has 0 aliphatic carbocycles. The Morgan fingerprint density at radius 3 is 2.59 bits per heavy atom.